The van der Waals surface area contributed by atoms with Gasteiger partial charge in [0.15, 0.2) is 0 Å². The number of alkyl carbamates (subject to hydrolysis) is 1. The molecule has 28 heavy (non-hydrogen) atoms. The van der Waals surface area contributed by atoms with Crippen LogP contribution in [0.1, 0.15) is 32.0 Å². The molecule has 1 atom stereocenters. The normalized spacial score (nSPS) is 17.1. The van der Waals surface area contributed by atoms with E-state index in [0.29, 0.717) is 6.42 Å². The van der Waals surface area contributed by atoms with E-state index < -0.39 is 23.7 Å². The van der Waals surface area contributed by atoms with Gasteiger partial charge in [0.1, 0.15) is 18.2 Å². The number of carbonyl (C=O) groups excluding carboxylic acids is 3. The molecule has 2 aromatic rings. The van der Waals surface area contributed by atoms with Gasteiger partial charge in [-0.15, -0.1) is 0 Å². The molecule has 2 amide bonds. The lowest BCUT2D eigenvalue weighted by atomic mass is 10.0. The second-order valence-electron chi connectivity index (χ2n) is 7.80. The van der Waals surface area contributed by atoms with Crippen LogP contribution >= 0.6 is 0 Å². The van der Waals surface area contributed by atoms with Crippen molar-refractivity contribution in [3.05, 3.63) is 35.5 Å². The van der Waals surface area contributed by atoms with Gasteiger partial charge in [-0.05, 0) is 32.4 Å². The highest BCUT2D eigenvalue weighted by Gasteiger charge is 2.34. The average molecular weight is 387 g/mol. The molecule has 0 aliphatic carbocycles. The summed E-state index contributed by atoms with van der Waals surface area (Å²) in [6, 6.07) is 6.92. The quantitative estimate of drug-likeness (QED) is 0.786. The number of nitrogens with zero attached hydrogens (tertiary/aromatic N) is 1. The molecule has 0 saturated heterocycles. The second-order valence-corrected chi connectivity index (χ2v) is 7.80. The van der Waals surface area contributed by atoms with E-state index in [-0.39, 0.29) is 19.0 Å². The van der Waals surface area contributed by atoms with Crippen molar-refractivity contribution in [2.75, 3.05) is 13.7 Å². The number of hydrogen-bond acceptors (Lipinski definition) is 5. The van der Waals surface area contributed by atoms with Gasteiger partial charge >= 0.3 is 12.1 Å². The van der Waals surface area contributed by atoms with Crippen molar-refractivity contribution in [2.45, 2.75) is 45.4 Å². The van der Waals surface area contributed by atoms with Gasteiger partial charge in [-0.2, -0.15) is 0 Å². The highest BCUT2D eigenvalue weighted by molar-refractivity contribution is 5.92. The third-order valence-corrected chi connectivity index (χ3v) is 4.51. The van der Waals surface area contributed by atoms with Crippen molar-refractivity contribution < 1.29 is 23.9 Å². The Balaban J connectivity index is 1.94. The van der Waals surface area contributed by atoms with Gasteiger partial charge in [-0.1, -0.05) is 18.2 Å². The van der Waals surface area contributed by atoms with E-state index in [1.54, 1.807) is 20.8 Å². The van der Waals surface area contributed by atoms with Gasteiger partial charge in [0.25, 0.3) is 0 Å². The molecule has 0 unspecified atom stereocenters. The van der Waals surface area contributed by atoms with Crippen LogP contribution in [0.5, 0.6) is 0 Å². The molecule has 8 nitrogen and oxygen atoms in total. The highest BCUT2D eigenvalue weighted by atomic mass is 16.6. The van der Waals surface area contributed by atoms with Crippen LogP contribution < -0.4 is 5.32 Å². The zero-order chi connectivity index (χ0) is 20.5. The summed E-state index contributed by atoms with van der Waals surface area (Å²) < 4.78 is 10.0. The highest BCUT2D eigenvalue weighted by Crippen LogP contribution is 2.28. The fraction of sp³-hybridized carbons (Fsp3) is 0.450. The lowest BCUT2D eigenvalue weighted by Gasteiger charge is -2.25. The molecule has 2 N–H and O–H groups in total. The number of ether oxygens (including phenoxy) is 2. The van der Waals surface area contributed by atoms with Crippen LogP contribution in [0, 0.1) is 0 Å². The van der Waals surface area contributed by atoms with Crippen molar-refractivity contribution in [2.24, 2.45) is 0 Å². The van der Waals surface area contributed by atoms with Crippen molar-refractivity contribution in [3.63, 3.8) is 0 Å². The zero-order valence-corrected chi connectivity index (χ0v) is 16.5. The summed E-state index contributed by atoms with van der Waals surface area (Å²) in [5.41, 5.74) is 2.04. The maximum absolute atomic E-state index is 13.0. The summed E-state index contributed by atoms with van der Waals surface area (Å²) in [6.45, 7) is 5.29. The Kier molecular flexibility index (Phi) is 5.31. The standard InChI is InChI=1S/C20H25N3O5/c1-20(2,3)28-19(26)22-15-9-13-12-7-5-6-8-14(12)21-16(13)10-23(18(15)25)11-17(24)27-4/h5-8,15,21H,9-11H2,1-4H3,(H,22,26)/t15-/m0/s1. The SMILES string of the molecule is COC(=O)CN1Cc2[nH]c3ccccc3c2C[C@H](NC(=O)OC(C)(C)C)C1=O. The maximum Gasteiger partial charge on any atom is 0.408 e. The number of benzene rings is 1. The third-order valence-electron chi connectivity index (χ3n) is 4.51. The molecule has 0 spiro atoms. The van der Waals surface area contributed by atoms with Crippen LogP contribution in [0.4, 0.5) is 4.79 Å². The summed E-state index contributed by atoms with van der Waals surface area (Å²) in [6.07, 6.45) is -0.373. The third kappa shape index (κ3) is 4.27. The Morgan fingerprint density at radius 3 is 2.68 bits per heavy atom. The number of H-pyrrole nitrogens is 1. The van der Waals surface area contributed by atoms with Crippen molar-refractivity contribution in [1.29, 1.82) is 0 Å². The van der Waals surface area contributed by atoms with Gasteiger partial charge < -0.3 is 24.7 Å². The molecular weight excluding hydrogens is 362 g/mol. The number of methoxy groups -OCH3 is 1. The minimum Gasteiger partial charge on any atom is -0.468 e. The van der Waals surface area contributed by atoms with Crippen LogP contribution in [-0.4, -0.2) is 53.2 Å². The van der Waals surface area contributed by atoms with Crippen LogP contribution in [0.15, 0.2) is 24.3 Å². The first-order valence-corrected chi connectivity index (χ1v) is 9.11. The second kappa shape index (κ2) is 7.53. The molecule has 0 bridgehead atoms. The number of para-hydroxylation sites is 1. The number of nitrogens with one attached hydrogen (secondary N) is 2. The van der Waals surface area contributed by atoms with E-state index in [4.69, 9.17) is 9.47 Å². The number of hydrogen-bond donors (Lipinski definition) is 2. The molecule has 2 heterocycles. The lowest BCUT2D eigenvalue weighted by Crippen LogP contribution is -2.50. The van der Waals surface area contributed by atoms with Gasteiger partial charge in [0.2, 0.25) is 5.91 Å². The number of carbonyl (C=O) groups is 3. The number of amides is 2. The number of aromatic amines is 1. The molecule has 1 aromatic heterocycles. The van der Waals surface area contributed by atoms with Crippen LogP contribution in [0.3, 0.4) is 0 Å². The van der Waals surface area contributed by atoms with Crippen LogP contribution in [0.2, 0.25) is 0 Å². The Morgan fingerprint density at radius 1 is 1.29 bits per heavy atom. The Bertz CT molecular complexity index is 912. The molecular formula is C20H25N3O5. The van der Waals surface area contributed by atoms with Crippen LogP contribution in [-0.2, 0) is 32.0 Å². The molecule has 1 aliphatic rings. The van der Waals surface area contributed by atoms with E-state index in [9.17, 15) is 14.4 Å². The van der Waals surface area contributed by atoms with E-state index in [1.165, 1.54) is 12.0 Å². The summed E-state index contributed by atoms with van der Waals surface area (Å²) in [7, 11) is 1.27. The molecule has 1 aliphatic heterocycles. The first-order chi connectivity index (χ1) is 13.2. The minimum absolute atomic E-state index is 0.198. The molecule has 1 aromatic carbocycles. The lowest BCUT2D eigenvalue weighted by molar-refractivity contribution is -0.148. The maximum atomic E-state index is 13.0. The molecule has 3 rings (SSSR count). The smallest absolute Gasteiger partial charge is 0.408 e. The number of rotatable bonds is 3. The molecule has 8 heteroatoms. The van der Waals surface area contributed by atoms with Gasteiger partial charge in [0, 0.05) is 23.0 Å². The zero-order valence-electron chi connectivity index (χ0n) is 16.5. The van der Waals surface area contributed by atoms with Gasteiger partial charge in [0.05, 0.1) is 13.7 Å². The number of aromatic nitrogens is 1. The summed E-state index contributed by atoms with van der Waals surface area (Å²) in [5, 5.41) is 3.65. The summed E-state index contributed by atoms with van der Waals surface area (Å²) >= 11 is 0. The monoisotopic (exact) mass is 387 g/mol. The topological polar surface area (TPSA) is 101 Å². The van der Waals surface area contributed by atoms with Gasteiger partial charge in [-0.25, -0.2) is 4.79 Å². The van der Waals surface area contributed by atoms with E-state index in [0.717, 1.165) is 22.2 Å². The van der Waals surface area contributed by atoms with Gasteiger partial charge in [-0.3, -0.25) is 9.59 Å². The predicted octanol–water partition coefficient (Wildman–Crippen LogP) is 2.12. The number of esters is 1. The fourth-order valence-electron chi connectivity index (χ4n) is 3.32. The first kappa shape index (κ1) is 19.7. The molecule has 0 radical (unpaired) electrons. The number of fused-ring (bicyclic) bond motifs is 3. The summed E-state index contributed by atoms with van der Waals surface area (Å²) in [5.74, 6) is -0.881. The Hall–Kier alpha value is -3.03. The Morgan fingerprint density at radius 2 is 2.00 bits per heavy atom. The van der Waals surface area contributed by atoms with E-state index in [1.807, 2.05) is 24.3 Å². The minimum atomic E-state index is -0.847. The molecule has 0 saturated carbocycles. The Labute approximate surface area is 163 Å². The summed E-state index contributed by atoms with van der Waals surface area (Å²) in [4.78, 5) is 41.8. The van der Waals surface area contributed by atoms with Crippen molar-refractivity contribution in [1.82, 2.24) is 15.2 Å². The largest absolute Gasteiger partial charge is 0.468 e. The molecule has 0 fully saturated rings. The fourth-order valence-corrected chi connectivity index (χ4v) is 3.32. The van der Waals surface area contributed by atoms with E-state index >= 15 is 0 Å². The van der Waals surface area contributed by atoms with E-state index in [2.05, 4.69) is 10.3 Å². The predicted molar refractivity (Wildman–Crippen MR) is 103 cm³/mol. The first-order valence-electron chi connectivity index (χ1n) is 9.11. The average Bonchev–Trinajstić information content (AvgIpc) is 2.89. The van der Waals surface area contributed by atoms with Crippen molar-refractivity contribution in [3.8, 4) is 0 Å². The van der Waals surface area contributed by atoms with Crippen LogP contribution in [0.25, 0.3) is 10.9 Å². The molecule has 150 valence electrons. The van der Waals surface area contributed by atoms with Crippen molar-refractivity contribution >= 4 is 28.9 Å².